The zero-order chi connectivity index (χ0) is 6.81. The first-order valence-electron chi connectivity index (χ1n) is 3.35. The Bertz CT molecular complexity index is 268. The van der Waals surface area contributed by atoms with Crippen LogP contribution in [0.3, 0.4) is 0 Å². The molecule has 2 radical (unpaired) electrons. The van der Waals surface area contributed by atoms with Crippen LogP contribution < -0.4 is 4.74 Å². The second-order valence-electron chi connectivity index (χ2n) is 2.25. The van der Waals surface area contributed by atoms with Gasteiger partial charge in [0.05, 0.1) is 0 Å². The van der Waals surface area contributed by atoms with Crippen molar-refractivity contribution in [3.05, 3.63) is 35.9 Å². The van der Waals surface area contributed by atoms with Gasteiger partial charge in [0, 0.05) is 5.56 Å². The van der Waals surface area contributed by atoms with Gasteiger partial charge in [0.2, 0.25) is 0 Å². The molecule has 0 unspecified atom stereocenters. The average Bonchev–Trinajstić information content (AvgIpc) is 2.05. The van der Waals surface area contributed by atoms with Gasteiger partial charge in [-0.25, -0.2) is 0 Å². The van der Waals surface area contributed by atoms with Crippen LogP contribution in [0.15, 0.2) is 30.3 Å². The SMILES string of the molecule is C1=Cc2ccccc2OC1.[PbH2]. The summed E-state index contributed by atoms with van der Waals surface area (Å²) in [5.41, 5.74) is 1.17. The van der Waals surface area contributed by atoms with Crippen molar-refractivity contribution in [2.45, 2.75) is 0 Å². The molecule has 0 amide bonds. The van der Waals surface area contributed by atoms with Crippen molar-refractivity contribution < 1.29 is 4.74 Å². The van der Waals surface area contributed by atoms with Crippen molar-refractivity contribution in [1.29, 1.82) is 0 Å². The molecule has 0 atom stereocenters. The summed E-state index contributed by atoms with van der Waals surface area (Å²) in [6.07, 6.45) is 4.10. The minimum absolute atomic E-state index is 0. The standard InChI is InChI=1S/C9H8O.Pb.2H/c1-2-6-9-8(4-1)5-3-7-10-9;;;/h1-6H,7H2;;;. The maximum absolute atomic E-state index is 5.34. The van der Waals surface area contributed by atoms with Crippen LogP contribution in [0.25, 0.3) is 6.08 Å². The number of hydrogen-bond acceptors (Lipinski definition) is 1. The van der Waals surface area contributed by atoms with Crippen LogP contribution in [-0.4, -0.2) is 33.9 Å². The predicted molar refractivity (Wildman–Crippen MR) is 49.5 cm³/mol. The van der Waals surface area contributed by atoms with Crippen molar-refractivity contribution in [2.75, 3.05) is 6.61 Å². The van der Waals surface area contributed by atoms with Gasteiger partial charge >= 0.3 is 27.3 Å². The van der Waals surface area contributed by atoms with Crippen molar-refractivity contribution in [2.24, 2.45) is 0 Å². The fourth-order valence-electron chi connectivity index (χ4n) is 1.06. The van der Waals surface area contributed by atoms with Gasteiger partial charge < -0.3 is 4.74 Å². The molecule has 0 bridgehead atoms. The van der Waals surface area contributed by atoms with E-state index in [9.17, 15) is 0 Å². The molecule has 11 heavy (non-hydrogen) atoms. The zero-order valence-corrected chi connectivity index (χ0v) is 11.8. The van der Waals surface area contributed by atoms with Gasteiger partial charge in [-0.2, -0.15) is 0 Å². The molecular weight excluding hydrogens is 331 g/mol. The van der Waals surface area contributed by atoms with E-state index >= 15 is 0 Å². The Morgan fingerprint density at radius 2 is 2.00 bits per heavy atom. The van der Waals surface area contributed by atoms with E-state index in [1.807, 2.05) is 30.3 Å². The molecule has 2 heteroatoms. The number of rotatable bonds is 0. The minimum atomic E-state index is 0. The van der Waals surface area contributed by atoms with E-state index in [1.54, 1.807) is 0 Å². The molecule has 0 fully saturated rings. The maximum atomic E-state index is 5.34. The fourth-order valence-corrected chi connectivity index (χ4v) is 1.06. The van der Waals surface area contributed by atoms with E-state index in [0.717, 1.165) is 5.75 Å². The molecule has 0 saturated carbocycles. The van der Waals surface area contributed by atoms with Crippen molar-refractivity contribution >= 4 is 33.4 Å². The van der Waals surface area contributed by atoms with Crippen LogP contribution >= 0.6 is 0 Å². The number of para-hydroxylation sites is 1. The fraction of sp³-hybridized carbons (Fsp3) is 0.111. The van der Waals surface area contributed by atoms with Gasteiger partial charge in [0.25, 0.3) is 0 Å². The number of benzene rings is 1. The predicted octanol–water partition coefficient (Wildman–Crippen LogP) is 1.18. The van der Waals surface area contributed by atoms with Crippen LogP contribution in [0.1, 0.15) is 5.56 Å². The van der Waals surface area contributed by atoms with Gasteiger partial charge in [0.1, 0.15) is 12.4 Å². The Balaban J connectivity index is 0.000000605. The third kappa shape index (κ3) is 1.83. The van der Waals surface area contributed by atoms with Gasteiger partial charge in [-0.3, -0.25) is 0 Å². The summed E-state index contributed by atoms with van der Waals surface area (Å²) in [6.45, 7) is 0.705. The van der Waals surface area contributed by atoms with Gasteiger partial charge in [-0.1, -0.05) is 24.3 Å². The Hall–Kier alpha value is -0.318. The quantitative estimate of drug-likeness (QED) is 0.644. The van der Waals surface area contributed by atoms with Gasteiger partial charge in [-0.05, 0) is 12.1 Å². The molecule has 0 aliphatic carbocycles. The van der Waals surface area contributed by atoms with Crippen molar-refractivity contribution in [3.8, 4) is 5.75 Å². The van der Waals surface area contributed by atoms with E-state index in [-0.39, 0.29) is 27.3 Å². The summed E-state index contributed by atoms with van der Waals surface area (Å²) in [5, 5.41) is 0. The monoisotopic (exact) mass is 342 g/mol. The molecule has 1 aliphatic rings. The zero-order valence-electron chi connectivity index (χ0n) is 6.29. The molecule has 1 aromatic carbocycles. The van der Waals surface area contributed by atoms with E-state index in [0.29, 0.717) is 6.61 Å². The summed E-state index contributed by atoms with van der Waals surface area (Å²) < 4.78 is 5.34. The summed E-state index contributed by atoms with van der Waals surface area (Å²) in [6, 6.07) is 8.03. The Morgan fingerprint density at radius 1 is 1.18 bits per heavy atom. The van der Waals surface area contributed by atoms with E-state index in [4.69, 9.17) is 4.74 Å². The van der Waals surface area contributed by atoms with Crippen molar-refractivity contribution in [1.82, 2.24) is 0 Å². The van der Waals surface area contributed by atoms with E-state index in [2.05, 4.69) is 6.08 Å². The molecule has 1 aliphatic heterocycles. The Labute approximate surface area is 86.2 Å². The molecule has 0 spiro atoms. The Kier molecular flexibility index (Phi) is 3.11. The third-order valence-corrected chi connectivity index (χ3v) is 1.55. The van der Waals surface area contributed by atoms with Gasteiger partial charge in [-0.15, -0.1) is 0 Å². The second kappa shape index (κ2) is 3.90. The topological polar surface area (TPSA) is 9.23 Å². The molecular formula is C9H10OPb. The molecule has 1 nitrogen and oxygen atoms in total. The van der Waals surface area contributed by atoms with E-state index in [1.165, 1.54) is 5.56 Å². The second-order valence-corrected chi connectivity index (χ2v) is 2.25. The van der Waals surface area contributed by atoms with Crippen LogP contribution in [0.2, 0.25) is 0 Å². The molecule has 56 valence electrons. The normalized spacial score (nSPS) is 12.7. The summed E-state index contributed by atoms with van der Waals surface area (Å²) in [7, 11) is 0. The van der Waals surface area contributed by atoms with Gasteiger partial charge in [0.15, 0.2) is 0 Å². The van der Waals surface area contributed by atoms with Crippen LogP contribution in [-0.2, 0) is 0 Å². The molecule has 0 N–H and O–H groups in total. The summed E-state index contributed by atoms with van der Waals surface area (Å²) >= 11 is 0. The first kappa shape index (κ1) is 8.78. The first-order chi connectivity index (χ1) is 4.97. The average molecular weight is 341 g/mol. The first-order valence-corrected chi connectivity index (χ1v) is 3.35. The van der Waals surface area contributed by atoms with Crippen LogP contribution in [0.5, 0.6) is 5.75 Å². The van der Waals surface area contributed by atoms with Crippen LogP contribution in [0, 0.1) is 0 Å². The molecule has 2 rings (SSSR count). The van der Waals surface area contributed by atoms with E-state index < -0.39 is 0 Å². The molecule has 0 saturated heterocycles. The summed E-state index contributed by atoms with van der Waals surface area (Å²) in [4.78, 5) is 0. The summed E-state index contributed by atoms with van der Waals surface area (Å²) in [5.74, 6) is 0.991. The molecule has 0 aromatic heterocycles. The van der Waals surface area contributed by atoms with Crippen LogP contribution in [0.4, 0.5) is 0 Å². The molecule has 1 heterocycles. The Morgan fingerprint density at radius 3 is 2.82 bits per heavy atom. The third-order valence-electron chi connectivity index (χ3n) is 1.55. The van der Waals surface area contributed by atoms with Crippen molar-refractivity contribution in [3.63, 3.8) is 0 Å². The number of hydrogen-bond donors (Lipinski definition) is 0. The number of ether oxygens (including phenoxy) is 1. The molecule has 1 aromatic rings. The number of fused-ring (bicyclic) bond motifs is 1.